The lowest BCUT2D eigenvalue weighted by Gasteiger charge is -2.32. The molecule has 2 aromatic carbocycles. The van der Waals surface area contributed by atoms with Gasteiger partial charge in [-0.2, -0.15) is 5.10 Å². The van der Waals surface area contributed by atoms with E-state index in [0.29, 0.717) is 49.4 Å². The van der Waals surface area contributed by atoms with Gasteiger partial charge in [0.1, 0.15) is 18.0 Å². The predicted octanol–water partition coefficient (Wildman–Crippen LogP) is 8.01. The van der Waals surface area contributed by atoms with E-state index in [2.05, 4.69) is 21.5 Å². The zero-order valence-electron chi connectivity index (χ0n) is 32.5. The summed E-state index contributed by atoms with van der Waals surface area (Å²) >= 11 is 12.5. The van der Waals surface area contributed by atoms with Crippen LogP contribution in [0.1, 0.15) is 117 Å². The smallest absolute Gasteiger partial charge is 0.255 e. The number of aryl methyl sites for hydroxylation is 1. The number of pyridine rings is 1. The number of imide groups is 1. The van der Waals surface area contributed by atoms with Crippen molar-refractivity contribution >= 4 is 52.6 Å². The standard InChI is InChI=1S/C43H48Cl2FN7O5/c1-26(39-33(44)13-14-34(46)40(39)45)58-36-21-28(22-48-41(36)47)29-23-49-53(24-29)30-17-19-51(20-18-30)38(55)12-7-5-3-2-4-6-9-27-10-8-11-31-32(27)25-52(43(31)57)35-15-16-37(54)50-42(35)56/h8,10-11,13-14,21-24,26,30,35H,2-7,9,12,15-20,25H2,1H3,(H2,47,48)(H,50,54,56). The first-order valence-corrected chi connectivity index (χ1v) is 20.9. The minimum absolute atomic E-state index is 0.103. The Morgan fingerprint density at radius 1 is 1.00 bits per heavy atom. The molecule has 0 radical (unpaired) electrons. The first kappa shape index (κ1) is 41.2. The maximum absolute atomic E-state index is 14.1. The van der Waals surface area contributed by atoms with Crippen molar-refractivity contribution < 1.29 is 28.3 Å². The zero-order chi connectivity index (χ0) is 40.9. The first-order chi connectivity index (χ1) is 28.0. The minimum Gasteiger partial charge on any atom is -0.482 e. The topological polar surface area (TPSA) is 153 Å². The van der Waals surface area contributed by atoms with Crippen LogP contribution in [0.2, 0.25) is 10.0 Å². The van der Waals surface area contributed by atoms with Crippen molar-refractivity contribution in [2.75, 3.05) is 18.8 Å². The molecule has 5 heterocycles. The number of halogens is 3. The molecular formula is C43H48Cl2FN7O5. The van der Waals surface area contributed by atoms with Gasteiger partial charge in [-0.05, 0) is 80.8 Å². The second kappa shape index (κ2) is 18.3. The molecule has 3 aliphatic rings. The van der Waals surface area contributed by atoms with Gasteiger partial charge in [0.2, 0.25) is 17.7 Å². The van der Waals surface area contributed by atoms with Crippen LogP contribution in [0, 0.1) is 5.82 Å². The number of nitrogens with two attached hydrogens (primary N) is 1. The van der Waals surface area contributed by atoms with E-state index in [-0.39, 0.29) is 46.0 Å². The van der Waals surface area contributed by atoms with Crippen LogP contribution in [0.4, 0.5) is 10.2 Å². The summed E-state index contributed by atoms with van der Waals surface area (Å²) in [7, 11) is 0. The molecule has 0 spiro atoms. The number of hydrogen-bond donors (Lipinski definition) is 2. The summed E-state index contributed by atoms with van der Waals surface area (Å²) in [6, 6.07) is 9.77. The van der Waals surface area contributed by atoms with Crippen LogP contribution in [-0.4, -0.2) is 67.3 Å². The second-order valence-electron chi connectivity index (χ2n) is 15.4. The average Bonchev–Trinajstić information content (AvgIpc) is 3.84. The van der Waals surface area contributed by atoms with Gasteiger partial charge in [-0.3, -0.25) is 29.2 Å². The lowest BCUT2D eigenvalue weighted by atomic mass is 9.98. The van der Waals surface area contributed by atoms with Crippen LogP contribution in [0.25, 0.3) is 11.1 Å². The molecule has 0 aliphatic carbocycles. The van der Waals surface area contributed by atoms with Crippen LogP contribution in [0.5, 0.6) is 5.75 Å². The predicted molar refractivity (Wildman–Crippen MR) is 219 cm³/mol. The molecule has 2 aromatic heterocycles. The average molecular weight is 833 g/mol. The van der Waals surface area contributed by atoms with Gasteiger partial charge in [-0.25, -0.2) is 9.37 Å². The van der Waals surface area contributed by atoms with Crippen molar-refractivity contribution in [3.8, 4) is 16.9 Å². The van der Waals surface area contributed by atoms with E-state index in [9.17, 15) is 23.6 Å². The molecular weight excluding hydrogens is 784 g/mol. The Balaban J connectivity index is 0.803. The maximum atomic E-state index is 14.1. The lowest BCUT2D eigenvalue weighted by molar-refractivity contribution is -0.137. The molecule has 2 fully saturated rings. The molecule has 58 heavy (non-hydrogen) atoms. The number of aromatic nitrogens is 3. The van der Waals surface area contributed by atoms with E-state index in [4.69, 9.17) is 33.7 Å². The highest BCUT2D eigenvalue weighted by atomic mass is 35.5. The molecule has 15 heteroatoms. The number of carbonyl (C=O) groups excluding carboxylic acids is 4. The third-order valence-corrected chi connectivity index (χ3v) is 12.3. The molecule has 306 valence electrons. The van der Waals surface area contributed by atoms with Crippen molar-refractivity contribution in [2.24, 2.45) is 0 Å². The molecule has 0 bridgehead atoms. The highest BCUT2D eigenvalue weighted by Gasteiger charge is 2.39. The molecule has 0 saturated carbocycles. The first-order valence-electron chi connectivity index (χ1n) is 20.1. The monoisotopic (exact) mass is 831 g/mol. The zero-order valence-corrected chi connectivity index (χ0v) is 34.0. The third kappa shape index (κ3) is 9.15. The van der Waals surface area contributed by atoms with E-state index < -0.39 is 23.9 Å². The Morgan fingerprint density at radius 2 is 1.76 bits per heavy atom. The van der Waals surface area contributed by atoms with E-state index in [1.165, 1.54) is 12.1 Å². The van der Waals surface area contributed by atoms with Crippen molar-refractivity contribution in [1.29, 1.82) is 0 Å². The van der Waals surface area contributed by atoms with Gasteiger partial charge in [-0.15, -0.1) is 0 Å². The second-order valence-corrected chi connectivity index (χ2v) is 16.2. The molecule has 3 aliphatic heterocycles. The number of nitrogens with zero attached hydrogens (tertiary/aromatic N) is 5. The van der Waals surface area contributed by atoms with Crippen LogP contribution in [0.3, 0.4) is 0 Å². The maximum Gasteiger partial charge on any atom is 0.255 e. The summed E-state index contributed by atoms with van der Waals surface area (Å²) in [6.45, 7) is 3.48. The summed E-state index contributed by atoms with van der Waals surface area (Å²) < 4.78 is 22.2. The number of carbonyl (C=O) groups is 4. The fourth-order valence-corrected chi connectivity index (χ4v) is 8.96. The minimum atomic E-state index is -0.691. The van der Waals surface area contributed by atoms with Gasteiger partial charge in [0.25, 0.3) is 5.91 Å². The normalized spacial score (nSPS) is 17.7. The molecule has 4 amide bonds. The molecule has 7 rings (SSSR count). The fraction of sp³-hybridized carbons (Fsp3) is 0.442. The summed E-state index contributed by atoms with van der Waals surface area (Å²) in [5, 5.41) is 7.18. The highest BCUT2D eigenvalue weighted by Crippen LogP contribution is 2.37. The Kier molecular flexibility index (Phi) is 13.0. The Morgan fingerprint density at radius 3 is 2.53 bits per heavy atom. The highest BCUT2D eigenvalue weighted by molar-refractivity contribution is 6.36. The van der Waals surface area contributed by atoms with E-state index in [1.807, 2.05) is 27.9 Å². The van der Waals surface area contributed by atoms with Gasteiger partial charge < -0.3 is 20.3 Å². The number of likely N-dealkylation sites (tertiary alicyclic amines) is 1. The molecule has 4 aromatic rings. The quantitative estimate of drug-likeness (QED) is 0.0695. The van der Waals surface area contributed by atoms with Gasteiger partial charge in [0, 0.05) is 72.1 Å². The van der Waals surface area contributed by atoms with E-state index in [0.717, 1.165) is 80.0 Å². The fourth-order valence-electron chi connectivity index (χ4n) is 8.28. The number of unbranched alkanes of at least 4 members (excludes halogenated alkanes) is 5. The van der Waals surface area contributed by atoms with Crippen molar-refractivity contribution in [2.45, 2.75) is 109 Å². The number of piperidine rings is 2. The number of benzene rings is 2. The van der Waals surface area contributed by atoms with Crippen molar-refractivity contribution in [1.82, 2.24) is 29.9 Å². The van der Waals surface area contributed by atoms with Gasteiger partial charge in [0.05, 0.1) is 17.3 Å². The van der Waals surface area contributed by atoms with Crippen LogP contribution in [0.15, 0.2) is 55.0 Å². The molecule has 2 saturated heterocycles. The summed E-state index contributed by atoms with van der Waals surface area (Å²) in [4.78, 5) is 58.1. The molecule has 3 N–H and O–H groups in total. The summed E-state index contributed by atoms with van der Waals surface area (Å²) in [5.74, 6) is -0.713. The van der Waals surface area contributed by atoms with Gasteiger partial charge in [-0.1, -0.05) is 61.0 Å². The Labute approximate surface area is 347 Å². The number of fused-ring (bicyclic) bond motifs is 1. The summed E-state index contributed by atoms with van der Waals surface area (Å²) in [5.41, 5.74) is 10.9. The molecule has 2 atom stereocenters. The number of nitrogen functional groups attached to an aromatic ring is 1. The number of anilines is 1. The number of hydrogen-bond acceptors (Lipinski definition) is 8. The van der Waals surface area contributed by atoms with Crippen LogP contribution in [-0.2, 0) is 27.3 Å². The number of amides is 4. The van der Waals surface area contributed by atoms with Crippen molar-refractivity contribution in [3.63, 3.8) is 0 Å². The Bertz CT molecular complexity index is 2190. The molecule has 12 nitrogen and oxygen atoms in total. The van der Waals surface area contributed by atoms with Crippen LogP contribution >= 0.6 is 23.2 Å². The third-order valence-electron chi connectivity index (χ3n) is 11.6. The van der Waals surface area contributed by atoms with E-state index in [1.54, 1.807) is 30.3 Å². The SMILES string of the molecule is CC(Oc1cc(-c2cnn(C3CCN(C(=O)CCCCCCCCc4cccc5c4CN(C4CCC(=O)NC4=O)C5=O)CC3)c2)cnc1N)c1c(Cl)ccc(F)c1Cl. The van der Waals surface area contributed by atoms with Crippen molar-refractivity contribution in [3.05, 3.63) is 93.1 Å². The number of ether oxygens (including phenoxy) is 1. The summed E-state index contributed by atoms with van der Waals surface area (Å²) in [6.07, 6.45) is 14.4. The van der Waals surface area contributed by atoms with Gasteiger partial charge >= 0.3 is 0 Å². The van der Waals surface area contributed by atoms with E-state index >= 15 is 0 Å². The number of nitrogens with one attached hydrogen (secondary N) is 1. The number of rotatable bonds is 15. The largest absolute Gasteiger partial charge is 0.482 e. The lowest BCUT2D eigenvalue weighted by Crippen LogP contribution is -2.52. The van der Waals surface area contributed by atoms with Crippen LogP contribution < -0.4 is 15.8 Å². The molecule has 2 unspecified atom stereocenters. The van der Waals surface area contributed by atoms with Gasteiger partial charge in [0.15, 0.2) is 11.6 Å². The Hall–Kier alpha value is -5.01.